The lowest BCUT2D eigenvalue weighted by Crippen LogP contribution is -2.04. The van der Waals surface area contributed by atoms with E-state index in [4.69, 9.17) is 4.74 Å². The van der Waals surface area contributed by atoms with Gasteiger partial charge in [-0.25, -0.2) is 0 Å². The fraction of sp³-hybridized carbons (Fsp3) is 0.357. The van der Waals surface area contributed by atoms with Crippen LogP contribution in [0, 0.1) is 0 Å². The molecule has 0 atom stereocenters. The van der Waals surface area contributed by atoms with Gasteiger partial charge in [0.1, 0.15) is 0 Å². The molecule has 0 saturated heterocycles. The molecule has 2 rings (SSSR count). The summed E-state index contributed by atoms with van der Waals surface area (Å²) in [5.41, 5.74) is 4.97. The van der Waals surface area contributed by atoms with Gasteiger partial charge in [-0.05, 0) is 37.0 Å². The van der Waals surface area contributed by atoms with Gasteiger partial charge in [-0.2, -0.15) is 0 Å². The van der Waals surface area contributed by atoms with Gasteiger partial charge in [0.05, 0.1) is 13.0 Å². The number of hydrogen-bond acceptors (Lipinski definition) is 2. The molecular weight excluding hydrogens is 200 g/mol. The molecule has 0 bridgehead atoms. The lowest BCUT2D eigenvalue weighted by molar-refractivity contribution is -0.141. The zero-order chi connectivity index (χ0) is 11.5. The lowest BCUT2D eigenvalue weighted by atomic mass is 10.0. The van der Waals surface area contributed by atoms with Crippen molar-refractivity contribution in [3.05, 3.63) is 41.0 Å². The summed E-state index contributed by atoms with van der Waals surface area (Å²) in [6.45, 7) is 4.38. The average Bonchev–Trinajstić information content (AvgIpc) is 2.56. The first-order valence-corrected chi connectivity index (χ1v) is 5.65. The molecule has 1 aromatic carbocycles. The Balaban J connectivity index is 2.21. The van der Waals surface area contributed by atoms with Gasteiger partial charge in [0.15, 0.2) is 0 Å². The van der Waals surface area contributed by atoms with Crippen molar-refractivity contribution in [2.45, 2.75) is 26.7 Å². The lowest BCUT2D eigenvalue weighted by Gasteiger charge is -2.06. The number of benzene rings is 1. The van der Waals surface area contributed by atoms with Crippen molar-refractivity contribution in [2.24, 2.45) is 0 Å². The van der Waals surface area contributed by atoms with Crippen LogP contribution in [0.3, 0.4) is 0 Å². The molecule has 0 fully saturated rings. The van der Waals surface area contributed by atoms with E-state index in [1.54, 1.807) is 0 Å². The molecule has 0 aromatic heterocycles. The van der Waals surface area contributed by atoms with E-state index in [1.807, 2.05) is 19.1 Å². The number of esters is 1. The summed E-state index contributed by atoms with van der Waals surface area (Å²) < 4.78 is 4.99. The molecule has 1 aliphatic carbocycles. The quantitative estimate of drug-likeness (QED) is 0.726. The molecule has 0 heterocycles. The highest BCUT2D eigenvalue weighted by Gasteiger charge is 2.20. The Morgan fingerprint density at radius 1 is 1.38 bits per heavy atom. The van der Waals surface area contributed by atoms with Gasteiger partial charge in [0.25, 0.3) is 0 Å². The highest BCUT2D eigenvalue weighted by Crippen LogP contribution is 2.34. The molecular formula is C14H16O2. The Morgan fingerprint density at radius 2 is 2.12 bits per heavy atom. The summed E-state index contributed by atoms with van der Waals surface area (Å²) in [5.74, 6) is -0.131. The number of carbonyl (C=O) groups excluding carboxylic acids is 1. The molecule has 0 aliphatic heterocycles. The maximum Gasteiger partial charge on any atom is 0.310 e. The minimum Gasteiger partial charge on any atom is -0.466 e. The van der Waals surface area contributed by atoms with Crippen LogP contribution in [0.2, 0.25) is 0 Å². The SMILES string of the molecule is CCOC(=O)CC1=C(C)Cc2ccccc21. The molecule has 1 aliphatic rings. The second-order valence-corrected chi connectivity index (χ2v) is 4.07. The Bertz CT molecular complexity index is 444. The van der Waals surface area contributed by atoms with E-state index < -0.39 is 0 Å². The van der Waals surface area contributed by atoms with Crippen LogP contribution in [0.4, 0.5) is 0 Å². The normalized spacial score (nSPS) is 13.9. The summed E-state index contributed by atoms with van der Waals surface area (Å²) in [7, 11) is 0. The second-order valence-electron chi connectivity index (χ2n) is 4.07. The van der Waals surface area contributed by atoms with Crippen LogP contribution < -0.4 is 0 Å². The standard InChI is InChI=1S/C14H16O2/c1-3-16-14(15)9-13-10(2)8-11-6-4-5-7-12(11)13/h4-7H,3,8-9H2,1-2H3. The highest BCUT2D eigenvalue weighted by molar-refractivity contribution is 5.89. The first-order valence-electron chi connectivity index (χ1n) is 5.65. The van der Waals surface area contributed by atoms with Crippen LogP contribution in [0.15, 0.2) is 29.8 Å². The Morgan fingerprint density at radius 3 is 2.88 bits per heavy atom. The van der Waals surface area contributed by atoms with Crippen molar-refractivity contribution in [1.82, 2.24) is 0 Å². The predicted molar refractivity (Wildman–Crippen MR) is 64.0 cm³/mol. The van der Waals surface area contributed by atoms with Gasteiger partial charge in [-0.15, -0.1) is 0 Å². The van der Waals surface area contributed by atoms with Gasteiger partial charge in [0.2, 0.25) is 0 Å². The minimum absolute atomic E-state index is 0.131. The van der Waals surface area contributed by atoms with Crippen molar-refractivity contribution < 1.29 is 9.53 Å². The number of hydrogen-bond donors (Lipinski definition) is 0. The first-order chi connectivity index (χ1) is 7.72. The largest absolute Gasteiger partial charge is 0.466 e. The monoisotopic (exact) mass is 216 g/mol. The van der Waals surface area contributed by atoms with Crippen molar-refractivity contribution in [3.8, 4) is 0 Å². The Hall–Kier alpha value is -1.57. The minimum atomic E-state index is -0.131. The van der Waals surface area contributed by atoms with Crippen LogP contribution in [0.25, 0.3) is 5.57 Å². The maximum atomic E-state index is 11.5. The van der Waals surface area contributed by atoms with E-state index in [0.717, 1.165) is 12.0 Å². The topological polar surface area (TPSA) is 26.3 Å². The highest BCUT2D eigenvalue weighted by atomic mass is 16.5. The van der Waals surface area contributed by atoms with Crippen LogP contribution in [-0.2, 0) is 16.0 Å². The maximum absolute atomic E-state index is 11.5. The van der Waals surface area contributed by atoms with Gasteiger partial charge >= 0.3 is 5.97 Å². The fourth-order valence-electron chi connectivity index (χ4n) is 2.19. The Kier molecular flexibility index (Phi) is 3.09. The van der Waals surface area contributed by atoms with Gasteiger partial charge < -0.3 is 4.74 Å². The van der Waals surface area contributed by atoms with E-state index in [-0.39, 0.29) is 5.97 Å². The average molecular weight is 216 g/mol. The third-order valence-electron chi connectivity index (χ3n) is 2.94. The van der Waals surface area contributed by atoms with Crippen molar-refractivity contribution in [2.75, 3.05) is 6.61 Å². The molecule has 0 N–H and O–H groups in total. The van der Waals surface area contributed by atoms with E-state index in [2.05, 4.69) is 19.1 Å². The van der Waals surface area contributed by atoms with Crippen LogP contribution in [-0.4, -0.2) is 12.6 Å². The zero-order valence-corrected chi connectivity index (χ0v) is 9.75. The molecule has 1 aromatic rings. The molecule has 0 saturated carbocycles. The van der Waals surface area contributed by atoms with Crippen LogP contribution in [0.5, 0.6) is 0 Å². The van der Waals surface area contributed by atoms with E-state index in [1.165, 1.54) is 16.7 Å². The Labute approximate surface area is 95.9 Å². The summed E-state index contributed by atoms with van der Waals surface area (Å²) in [5, 5.41) is 0. The van der Waals surface area contributed by atoms with Crippen LogP contribution in [0.1, 0.15) is 31.4 Å². The summed E-state index contributed by atoms with van der Waals surface area (Å²) in [6, 6.07) is 8.26. The van der Waals surface area contributed by atoms with Crippen molar-refractivity contribution in [3.63, 3.8) is 0 Å². The fourth-order valence-corrected chi connectivity index (χ4v) is 2.19. The first kappa shape index (κ1) is 10.9. The van der Waals surface area contributed by atoms with E-state index in [9.17, 15) is 4.79 Å². The molecule has 0 unspecified atom stereocenters. The molecule has 2 nitrogen and oxygen atoms in total. The van der Waals surface area contributed by atoms with Gasteiger partial charge in [-0.1, -0.05) is 29.8 Å². The number of rotatable bonds is 3. The smallest absolute Gasteiger partial charge is 0.310 e. The molecule has 0 spiro atoms. The van der Waals surface area contributed by atoms with Gasteiger partial charge in [-0.3, -0.25) is 4.79 Å². The van der Waals surface area contributed by atoms with E-state index in [0.29, 0.717) is 13.0 Å². The molecule has 2 heteroatoms. The van der Waals surface area contributed by atoms with Crippen LogP contribution >= 0.6 is 0 Å². The summed E-state index contributed by atoms with van der Waals surface area (Å²) in [4.78, 5) is 11.5. The third-order valence-corrected chi connectivity index (χ3v) is 2.94. The predicted octanol–water partition coefficient (Wildman–Crippen LogP) is 2.97. The van der Waals surface area contributed by atoms with Crippen molar-refractivity contribution >= 4 is 11.5 Å². The number of allylic oxidation sites excluding steroid dienone is 1. The molecule has 16 heavy (non-hydrogen) atoms. The summed E-state index contributed by atoms with van der Waals surface area (Å²) >= 11 is 0. The summed E-state index contributed by atoms with van der Waals surface area (Å²) in [6.07, 6.45) is 1.36. The number of fused-ring (bicyclic) bond motifs is 1. The van der Waals surface area contributed by atoms with E-state index >= 15 is 0 Å². The molecule has 0 amide bonds. The zero-order valence-electron chi connectivity index (χ0n) is 9.75. The van der Waals surface area contributed by atoms with Gasteiger partial charge in [0, 0.05) is 0 Å². The number of ether oxygens (including phenoxy) is 1. The number of carbonyl (C=O) groups is 1. The second kappa shape index (κ2) is 4.52. The molecule has 0 radical (unpaired) electrons. The third kappa shape index (κ3) is 2.01. The van der Waals surface area contributed by atoms with Crippen molar-refractivity contribution in [1.29, 1.82) is 0 Å². The molecule has 84 valence electrons.